The van der Waals surface area contributed by atoms with E-state index in [2.05, 4.69) is 50.2 Å². The molecule has 1 heterocycles. The second kappa shape index (κ2) is 5.64. The molecule has 0 radical (unpaired) electrons. The van der Waals surface area contributed by atoms with Gasteiger partial charge >= 0.3 is 0 Å². The summed E-state index contributed by atoms with van der Waals surface area (Å²) in [5.74, 6) is 1.10. The highest BCUT2D eigenvalue weighted by atomic mass is 127. The number of halogens is 2. The quantitative estimate of drug-likeness (QED) is 0.501. The Kier molecular flexibility index (Phi) is 4.04. The normalized spacial score (nSPS) is 10.9. The van der Waals surface area contributed by atoms with E-state index in [9.17, 15) is 5.11 Å². The van der Waals surface area contributed by atoms with Crippen molar-refractivity contribution in [3.05, 3.63) is 37.5 Å². The number of thiazole rings is 1. The van der Waals surface area contributed by atoms with Crippen molar-refractivity contribution in [2.24, 2.45) is 0 Å². The fourth-order valence-electron chi connectivity index (χ4n) is 1.88. The minimum atomic E-state index is 0.289. The van der Waals surface area contributed by atoms with E-state index in [1.54, 1.807) is 18.4 Å². The van der Waals surface area contributed by atoms with Gasteiger partial charge < -0.3 is 9.84 Å². The summed E-state index contributed by atoms with van der Waals surface area (Å²) in [5, 5.41) is 11.1. The third kappa shape index (κ3) is 2.60. The van der Waals surface area contributed by atoms with Gasteiger partial charge in [0, 0.05) is 3.57 Å². The Balaban J connectivity index is 2.20. The first-order valence-corrected chi connectivity index (χ1v) is 8.69. The molecule has 0 bridgehead atoms. The summed E-state index contributed by atoms with van der Waals surface area (Å²) in [6, 6.07) is 9.68. The number of nitrogens with zero attached hydrogens (tertiary/aromatic N) is 1. The average Bonchev–Trinajstić information content (AvgIpc) is 2.85. The molecule has 20 heavy (non-hydrogen) atoms. The molecule has 1 aromatic heterocycles. The first-order chi connectivity index (χ1) is 9.58. The fraction of sp³-hybridized carbons (Fsp3) is 0.0714. The van der Waals surface area contributed by atoms with E-state index in [-0.39, 0.29) is 5.75 Å². The molecular formula is C14H9I2NO2S. The topological polar surface area (TPSA) is 42.4 Å². The van der Waals surface area contributed by atoms with Crippen molar-refractivity contribution in [2.75, 3.05) is 7.11 Å². The van der Waals surface area contributed by atoms with Gasteiger partial charge in [-0.15, -0.1) is 11.3 Å². The van der Waals surface area contributed by atoms with Crippen molar-refractivity contribution in [3.63, 3.8) is 0 Å². The van der Waals surface area contributed by atoms with Gasteiger partial charge in [0.2, 0.25) is 0 Å². The zero-order valence-electron chi connectivity index (χ0n) is 10.4. The van der Waals surface area contributed by atoms with Gasteiger partial charge in [-0.3, -0.25) is 0 Å². The molecule has 1 N–H and O–H groups in total. The summed E-state index contributed by atoms with van der Waals surface area (Å²) in [7, 11) is 1.65. The Labute approximate surface area is 147 Å². The largest absolute Gasteiger partial charge is 0.506 e. The Morgan fingerprint density at radius 2 is 2.00 bits per heavy atom. The van der Waals surface area contributed by atoms with Crippen LogP contribution in [-0.2, 0) is 0 Å². The highest BCUT2D eigenvalue weighted by molar-refractivity contribution is 14.1. The molecule has 0 aliphatic carbocycles. The zero-order valence-corrected chi connectivity index (χ0v) is 15.5. The maximum Gasteiger partial charge on any atom is 0.139 e. The number of aromatic nitrogens is 1. The van der Waals surface area contributed by atoms with Crippen LogP contribution in [0.2, 0.25) is 0 Å². The lowest BCUT2D eigenvalue weighted by Gasteiger charge is -2.04. The van der Waals surface area contributed by atoms with Crippen LogP contribution in [0.25, 0.3) is 20.8 Å². The third-order valence-electron chi connectivity index (χ3n) is 2.85. The molecule has 3 nitrogen and oxygen atoms in total. The predicted octanol–water partition coefficient (Wildman–Crippen LogP) is 4.89. The van der Waals surface area contributed by atoms with Crippen molar-refractivity contribution >= 4 is 66.7 Å². The van der Waals surface area contributed by atoms with Crippen LogP contribution in [0.3, 0.4) is 0 Å². The van der Waals surface area contributed by atoms with Crippen LogP contribution in [0.4, 0.5) is 0 Å². The van der Waals surface area contributed by atoms with Crippen molar-refractivity contribution in [1.29, 1.82) is 0 Å². The molecule has 0 atom stereocenters. The van der Waals surface area contributed by atoms with Gasteiger partial charge in [0.05, 0.1) is 26.5 Å². The van der Waals surface area contributed by atoms with Crippen molar-refractivity contribution < 1.29 is 9.84 Å². The molecule has 0 fully saturated rings. The van der Waals surface area contributed by atoms with Crippen molar-refractivity contribution in [3.8, 4) is 22.1 Å². The highest BCUT2D eigenvalue weighted by Gasteiger charge is 2.14. The van der Waals surface area contributed by atoms with E-state index in [4.69, 9.17) is 4.74 Å². The van der Waals surface area contributed by atoms with Crippen LogP contribution < -0.4 is 4.74 Å². The van der Waals surface area contributed by atoms with E-state index in [1.807, 2.05) is 30.3 Å². The smallest absolute Gasteiger partial charge is 0.139 e. The fourth-order valence-corrected chi connectivity index (χ4v) is 4.73. The Hall–Kier alpha value is -0.610. The summed E-state index contributed by atoms with van der Waals surface area (Å²) in [5.41, 5.74) is 1.69. The predicted molar refractivity (Wildman–Crippen MR) is 98.7 cm³/mol. The SMILES string of the molecule is COc1ccc2nc(-c3cc(I)cc(I)c3O)sc2c1. The number of hydrogen-bond acceptors (Lipinski definition) is 4. The number of phenolic OH excluding ortho intramolecular Hbond substituents is 1. The first kappa shape index (κ1) is 14.3. The second-order valence-electron chi connectivity index (χ2n) is 4.14. The van der Waals surface area contributed by atoms with E-state index in [0.717, 1.165) is 33.7 Å². The summed E-state index contributed by atoms with van der Waals surface area (Å²) >= 11 is 5.93. The van der Waals surface area contributed by atoms with Crippen LogP contribution in [0.15, 0.2) is 30.3 Å². The van der Waals surface area contributed by atoms with Crippen molar-refractivity contribution in [2.45, 2.75) is 0 Å². The number of hydrogen-bond donors (Lipinski definition) is 1. The third-order valence-corrected chi connectivity index (χ3v) is 5.35. The van der Waals surface area contributed by atoms with Crippen LogP contribution in [0.1, 0.15) is 0 Å². The summed E-state index contributed by atoms with van der Waals surface area (Å²) in [6.45, 7) is 0. The molecule has 102 valence electrons. The van der Waals surface area contributed by atoms with Gasteiger partial charge in [0.1, 0.15) is 16.5 Å². The number of benzene rings is 2. The van der Waals surface area contributed by atoms with Crippen LogP contribution in [0, 0.1) is 7.14 Å². The summed E-state index contributed by atoms with van der Waals surface area (Å²) < 4.78 is 8.19. The standard InChI is InChI=1S/C14H9I2NO2S/c1-19-8-2-3-11-12(6-8)20-14(17-11)9-4-7(15)5-10(16)13(9)18/h2-6,18H,1H3. The summed E-state index contributed by atoms with van der Waals surface area (Å²) in [4.78, 5) is 4.60. The molecule has 0 aliphatic rings. The molecule has 0 amide bonds. The molecular weight excluding hydrogens is 500 g/mol. The van der Waals surface area contributed by atoms with Gasteiger partial charge in [0.25, 0.3) is 0 Å². The van der Waals surface area contributed by atoms with E-state index in [1.165, 1.54) is 0 Å². The van der Waals surface area contributed by atoms with Gasteiger partial charge in [-0.25, -0.2) is 4.98 Å². The highest BCUT2D eigenvalue weighted by Crippen LogP contribution is 2.39. The minimum absolute atomic E-state index is 0.289. The Morgan fingerprint density at radius 3 is 2.75 bits per heavy atom. The van der Waals surface area contributed by atoms with Crippen molar-refractivity contribution in [1.82, 2.24) is 4.98 Å². The number of phenols is 1. The lowest BCUT2D eigenvalue weighted by Crippen LogP contribution is -1.84. The van der Waals surface area contributed by atoms with Gasteiger partial charge in [-0.2, -0.15) is 0 Å². The first-order valence-electron chi connectivity index (χ1n) is 5.71. The average molecular weight is 509 g/mol. The number of rotatable bonds is 2. The van der Waals surface area contributed by atoms with Gasteiger partial charge in [0.15, 0.2) is 0 Å². The number of fused-ring (bicyclic) bond motifs is 1. The Bertz CT molecular complexity index is 801. The van der Waals surface area contributed by atoms with Crippen LogP contribution in [0.5, 0.6) is 11.5 Å². The lowest BCUT2D eigenvalue weighted by molar-refractivity contribution is 0.415. The monoisotopic (exact) mass is 509 g/mol. The van der Waals surface area contributed by atoms with Gasteiger partial charge in [-0.1, -0.05) is 0 Å². The molecule has 3 aromatic rings. The molecule has 0 saturated heterocycles. The number of ether oxygens (including phenoxy) is 1. The van der Waals surface area contributed by atoms with Crippen LogP contribution in [-0.4, -0.2) is 17.2 Å². The maximum atomic E-state index is 10.2. The maximum absolute atomic E-state index is 10.2. The molecule has 0 saturated carbocycles. The molecule has 0 unspecified atom stereocenters. The number of aromatic hydroxyl groups is 1. The molecule has 2 aromatic carbocycles. The lowest BCUT2D eigenvalue weighted by atomic mass is 10.2. The summed E-state index contributed by atoms with van der Waals surface area (Å²) in [6.07, 6.45) is 0. The van der Waals surface area contributed by atoms with E-state index in [0.29, 0.717) is 0 Å². The van der Waals surface area contributed by atoms with E-state index < -0.39 is 0 Å². The molecule has 0 aliphatic heterocycles. The molecule has 6 heteroatoms. The number of methoxy groups -OCH3 is 1. The minimum Gasteiger partial charge on any atom is -0.506 e. The molecule has 0 spiro atoms. The van der Waals surface area contributed by atoms with Crippen LogP contribution >= 0.6 is 56.5 Å². The second-order valence-corrected chi connectivity index (χ2v) is 7.57. The van der Waals surface area contributed by atoms with E-state index >= 15 is 0 Å². The molecule has 3 rings (SSSR count). The van der Waals surface area contributed by atoms with Gasteiger partial charge in [-0.05, 0) is 75.5 Å². The zero-order chi connectivity index (χ0) is 14.3. The Morgan fingerprint density at radius 1 is 1.20 bits per heavy atom.